The fourth-order valence-electron chi connectivity index (χ4n) is 2.92. The number of nitrogens with zero attached hydrogens (tertiary/aromatic N) is 1. The van der Waals surface area contributed by atoms with E-state index in [4.69, 9.17) is 9.15 Å². The predicted molar refractivity (Wildman–Crippen MR) is 111 cm³/mol. The Morgan fingerprint density at radius 1 is 1.00 bits per heavy atom. The molecule has 5 heteroatoms. The number of furan rings is 1. The first-order valence-corrected chi connectivity index (χ1v) is 9.13. The van der Waals surface area contributed by atoms with E-state index in [1.165, 1.54) is 0 Å². The van der Waals surface area contributed by atoms with Gasteiger partial charge in [0.15, 0.2) is 0 Å². The maximum Gasteiger partial charge on any atom is 0.228 e. The van der Waals surface area contributed by atoms with Gasteiger partial charge in [-0.15, -0.1) is 0 Å². The number of fused-ring (bicyclic) bond motifs is 1. The summed E-state index contributed by atoms with van der Waals surface area (Å²) in [5.74, 6) is 1.36. The van der Waals surface area contributed by atoms with Crippen molar-refractivity contribution in [3.8, 4) is 22.6 Å². The van der Waals surface area contributed by atoms with E-state index in [2.05, 4.69) is 20.9 Å². The molecule has 0 aliphatic rings. The van der Waals surface area contributed by atoms with Crippen LogP contribution in [0.1, 0.15) is 5.56 Å². The van der Waals surface area contributed by atoms with Crippen molar-refractivity contribution >= 4 is 39.0 Å². The molecular weight excluding hydrogens is 406 g/mol. The molecule has 0 spiro atoms. The molecule has 0 radical (unpaired) electrons. The summed E-state index contributed by atoms with van der Waals surface area (Å²) in [6.45, 7) is 0. The molecule has 1 heterocycles. The van der Waals surface area contributed by atoms with E-state index >= 15 is 0 Å². The highest BCUT2D eigenvalue weighted by Crippen LogP contribution is 2.44. The minimum Gasteiger partial charge on any atom is -0.507 e. The summed E-state index contributed by atoms with van der Waals surface area (Å²) in [4.78, 5) is 4.55. The second-order valence-corrected chi connectivity index (χ2v) is 6.89. The molecule has 3 aromatic carbocycles. The van der Waals surface area contributed by atoms with E-state index in [1.807, 2.05) is 54.6 Å². The van der Waals surface area contributed by atoms with Gasteiger partial charge in [-0.05, 0) is 47.5 Å². The monoisotopic (exact) mass is 421 g/mol. The maximum atomic E-state index is 10.4. The van der Waals surface area contributed by atoms with Crippen molar-refractivity contribution < 1.29 is 14.3 Å². The van der Waals surface area contributed by atoms with Crippen molar-refractivity contribution in [2.45, 2.75) is 0 Å². The van der Waals surface area contributed by atoms with Crippen LogP contribution in [0.4, 0.5) is 5.88 Å². The molecule has 0 aliphatic carbocycles. The fraction of sp³-hybridized carbons (Fsp3) is 0.0455. The topological polar surface area (TPSA) is 55.0 Å². The van der Waals surface area contributed by atoms with E-state index in [0.29, 0.717) is 16.9 Å². The molecule has 134 valence electrons. The third kappa shape index (κ3) is 3.46. The standard InChI is InChI=1S/C22H16BrNO3/c1-26-17-11-7-15(8-12-17)20-21-18(25)3-2-4-19(21)27-22(20)24-13-14-5-9-16(23)10-6-14/h2-13,25H,1H3/b24-13+. The lowest BCUT2D eigenvalue weighted by Gasteiger charge is -2.04. The molecule has 0 fully saturated rings. The van der Waals surface area contributed by atoms with Gasteiger partial charge in [-0.25, -0.2) is 4.99 Å². The molecule has 0 aliphatic heterocycles. The van der Waals surface area contributed by atoms with Crippen LogP contribution in [0.2, 0.25) is 0 Å². The lowest BCUT2D eigenvalue weighted by molar-refractivity contribution is 0.415. The first kappa shape index (κ1) is 17.4. The molecular formula is C22H16BrNO3. The van der Waals surface area contributed by atoms with E-state index in [0.717, 1.165) is 26.9 Å². The molecule has 4 nitrogen and oxygen atoms in total. The van der Waals surface area contributed by atoms with Gasteiger partial charge in [0.25, 0.3) is 0 Å². The Balaban J connectivity index is 1.86. The number of hydrogen-bond donors (Lipinski definition) is 1. The lowest BCUT2D eigenvalue weighted by Crippen LogP contribution is -1.83. The quantitative estimate of drug-likeness (QED) is 0.391. The largest absolute Gasteiger partial charge is 0.507 e. The van der Waals surface area contributed by atoms with Crippen LogP contribution < -0.4 is 4.74 Å². The number of aromatic hydroxyl groups is 1. The smallest absolute Gasteiger partial charge is 0.228 e. The Morgan fingerprint density at radius 2 is 1.74 bits per heavy atom. The van der Waals surface area contributed by atoms with Crippen molar-refractivity contribution in [2.24, 2.45) is 4.99 Å². The van der Waals surface area contributed by atoms with Crippen LogP contribution in [0.25, 0.3) is 22.1 Å². The molecule has 0 atom stereocenters. The van der Waals surface area contributed by atoms with Gasteiger partial charge in [0.1, 0.15) is 17.1 Å². The van der Waals surface area contributed by atoms with Crippen molar-refractivity contribution in [1.29, 1.82) is 0 Å². The Bertz CT molecular complexity index is 1110. The minimum atomic E-state index is 0.159. The summed E-state index contributed by atoms with van der Waals surface area (Å²) in [6.07, 6.45) is 1.74. The fourth-order valence-corrected chi connectivity index (χ4v) is 3.18. The molecule has 0 bridgehead atoms. The second kappa shape index (κ2) is 7.29. The molecule has 0 unspecified atom stereocenters. The number of halogens is 1. The summed E-state index contributed by atoms with van der Waals surface area (Å²) >= 11 is 3.43. The first-order chi connectivity index (χ1) is 13.2. The molecule has 0 saturated carbocycles. The van der Waals surface area contributed by atoms with E-state index in [9.17, 15) is 5.11 Å². The molecule has 27 heavy (non-hydrogen) atoms. The van der Waals surface area contributed by atoms with Gasteiger partial charge in [-0.1, -0.05) is 46.3 Å². The number of rotatable bonds is 4. The summed E-state index contributed by atoms with van der Waals surface area (Å²) in [5, 5.41) is 11.0. The number of methoxy groups -OCH3 is 1. The molecule has 4 rings (SSSR count). The second-order valence-electron chi connectivity index (χ2n) is 5.97. The van der Waals surface area contributed by atoms with Crippen LogP contribution in [-0.4, -0.2) is 18.4 Å². The van der Waals surface area contributed by atoms with E-state index in [-0.39, 0.29) is 5.75 Å². The third-order valence-corrected chi connectivity index (χ3v) is 4.78. The average Bonchev–Trinajstić information content (AvgIpc) is 3.07. The molecule has 1 aromatic heterocycles. The van der Waals surface area contributed by atoms with Crippen LogP contribution in [0.3, 0.4) is 0 Å². The van der Waals surface area contributed by atoms with E-state index in [1.54, 1.807) is 25.5 Å². The Kier molecular flexibility index (Phi) is 4.69. The summed E-state index contributed by atoms with van der Waals surface area (Å²) < 4.78 is 12.2. The number of aliphatic imine (C=N–C) groups is 1. The summed E-state index contributed by atoms with van der Waals surface area (Å²) in [7, 11) is 1.63. The summed E-state index contributed by atoms with van der Waals surface area (Å²) in [5.41, 5.74) is 3.17. The molecule has 0 amide bonds. The van der Waals surface area contributed by atoms with Gasteiger partial charge in [0.05, 0.1) is 18.1 Å². The minimum absolute atomic E-state index is 0.159. The van der Waals surface area contributed by atoms with Crippen molar-refractivity contribution in [1.82, 2.24) is 0 Å². The van der Waals surface area contributed by atoms with Gasteiger partial charge in [0.2, 0.25) is 5.88 Å². The number of benzene rings is 3. The van der Waals surface area contributed by atoms with Crippen molar-refractivity contribution in [3.63, 3.8) is 0 Å². The van der Waals surface area contributed by atoms with Crippen LogP contribution in [0.5, 0.6) is 11.5 Å². The van der Waals surface area contributed by atoms with Gasteiger partial charge in [0, 0.05) is 10.7 Å². The predicted octanol–water partition coefficient (Wildman–Crippen LogP) is 6.33. The zero-order valence-electron chi connectivity index (χ0n) is 14.5. The average molecular weight is 422 g/mol. The Morgan fingerprint density at radius 3 is 2.44 bits per heavy atom. The lowest BCUT2D eigenvalue weighted by atomic mass is 10.0. The highest BCUT2D eigenvalue weighted by atomic mass is 79.9. The molecule has 0 saturated heterocycles. The number of ether oxygens (including phenoxy) is 1. The zero-order valence-corrected chi connectivity index (χ0v) is 16.1. The van der Waals surface area contributed by atoms with Crippen LogP contribution in [-0.2, 0) is 0 Å². The van der Waals surface area contributed by atoms with Crippen LogP contribution in [0.15, 0.2) is 80.6 Å². The highest BCUT2D eigenvalue weighted by Gasteiger charge is 2.18. The van der Waals surface area contributed by atoms with Gasteiger partial charge in [-0.2, -0.15) is 0 Å². The zero-order chi connectivity index (χ0) is 18.8. The third-order valence-electron chi connectivity index (χ3n) is 4.25. The summed E-state index contributed by atoms with van der Waals surface area (Å²) in [6, 6.07) is 20.6. The van der Waals surface area contributed by atoms with E-state index < -0.39 is 0 Å². The Hall–Kier alpha value is -3.05. The molecule has 4 aromatic rings. The van der Waals surface area contributed by atoms with Gasteiger partial charge in [-0.3, -0.25) is 0 Å². The first-order valence-electron chi connectivity index (χ1n) is 8.34. The van der Waals surface area contributed by atoms with Crippen molar-refractivity contribution in [3.05, 3.63) is 76.8 Å². The number of phenols is 1. The van der Waals surface area contributed by atoms with Gasteiger partial charge >= 0.3 is 0 Å². The number of hydrogen-bond acceptors (Lipinski definition) is 4. The van der Waals surface area contributed by atoms with Crippen LogP contribution in [0, 0.1) is 0 Å². The van der Waals surface area contributed by atoms with Crippen LogP contribution >= 0.6 is 15.9 Å². The SMILES string of the molecule is COc1ccc(-c2c(/N=C/c3ccc(Br)cc3)oc3cccc(O)c23)cc1. The molecule has 1 N–H and O–H groups in total. The van der Waals surface area contributed by atoms with Crippen molar-refractivity contribution in [2.75, 3.05) is 7.11 Å². The maximum absolute atomic E-state index is 10.4. The van der Waals surface area contributed by atoms with Gasteiger partial charge < -0.3 is 14.3 Å². The normalized spacial score (nSPS) is 11.3. The Labute approximate surface area is 164 Å². The highest BCUT2D eigenvalue weighted by molar-refractivity contribution is 9.10. The number of phenolic OH excluding ortho intramolecular Hbond substituents is 1.